The summed E-state index contributed by atoms with van der Waals surface area (Å²) in [4.78, 5) is 1.11. The molecule has 0 amide bonds. The van der Waals surface area contributed by atoms with E-state index in [1.54, 1.807) is 0 Å². The minimum atomic E-state index is 0. The van der Waals surface area contributed by atoms with Crippen LogP contribution in [-0.2, 0) is 39.1 Å². The maximum absolute atomic E-state index is 5.12. The normalized spacial score (nSPS) is 9.40. The van der Waals surface area contributed by atoms with Crippen molar-refractivity contribution in [2.45, 2.75) is 32.1 Å². The Balaban J connectivity index is 0.00000196. The van der Waals surface area contributed by atoms with Gasteiger partial charge in [0.15, 0.2) is 0 Å². The zero-order valence-electron chi connectivity index (χ0n) is 9.11. The summed E-state index contributed by atoms with van der Waals surface area (Å²) in [6, 6.07) is 10.6. The van der Waals surface area contributed by atoms with Gasteiger partial charge in [-0.15, -0.1) is 6.42 Å². The van der Waals surface area contributed by atoms with Crippen LogP contribution in [0.3, 0.4) is 0 Å². The molecule has 0 unspecified atom stereocenters. The van der Waals surface area contributed by atoms with Crippen LogP contribution < -0.4 is 0 Å². The van der Waals surface area contributed by atoms with Crippen LogP contribution in [-0.4, -0.2) is 4.86 Å². The summed E-state index contributed by atoms with van der Waals surface area (Å²) >= 11 is 5.12. The van der Waals surface area contributed by atoms with Gasteiger partial charge in [0.1, 0.15) is 0 Å². The first kappa shape index (κ1) is 15.4. The average Bonchev–Trinajstić information content (AvgIpc) is 2.25. The molecule has 1 rings (SSSR count). The number of unbranched alkanes of at least 4 members (excludes halogenated alkanes) is 1. The third kappa shape index (κ3) is 7.32. The molecule has 1 aromatic carbocycles. The van der Waals surface area contributed by atoms with E-state index >= 15 is 0 Å². The first-order chi connectivity index (χ1) is 6.83. The Hall–Kier alpha value is 0.414. The molecule has 15 heavy (non-hydrogen) atoms. The van der Waals surface area contributed by atoms with Gasteiger partial charge in [0.25, 0.3) is 0 Å². The van der Waals surface area contributed by atoms with Gasteiger partial charge in [0, 0.05) is 32.7 Å². The van der Waals surface area contributed by atoms with Crippen LogP contribution in [0.1, 0.15) is 31.2 Å². The molecule has 0 N–H and O–H groups in total. The van der Waals surface area contributed by atoms with Gasteiger partial charge in [0.2, 0.25) is 0 Å². The predicted molar refractivity (Wildman–Crippen MR) is 66.6 cm³/mol. The quantitative estimate of drug-likeness (QED) is 0.434. The Kier molecular flexibility index (Phi) is 9.89. The van der Waals surface area contributed by atoms with E-state index in [0.717, 1.165) is 17.7 Å². The fourth-order valence-corrected chi connectivity index (χ4v) is 1.57. The van der Waals surface area contributed by atoms with Crippen molar-refractivity contribution in [2.75, 3.05) is 0 Å². The van der Waals surface area contributed by atoms with Crippen molar-refractivity contribution in [3.63, 3.8) is 0 Å². The standard InChI is InChI=1S/C13H17S.Y/c1-2-13(14)11-7-6-10-12-8-4-3-5-9-12;/h3-5,8-9H,1-2,6-7,10-11H2;/q-1;. The second-order valence-electron chi connectivity index (χ2n) is 3.48. The first-order valence-electron chi connectivity index (χ1n) is 5.18. The van der Waals surface area contributed by atoms with Gasteiger partial charge in [-0.3, -0.25) is 0 Å². The Labute approximate surface area is 124 Å². The third-order valence-corrected chi connectivity index (χ3v) is 2.70. The average molecular weight is 294 g/mol. The van der Waals surface area contributed by atoms with Crippen molar-refractivity contribution < 1.29 is 32.7 Å². The van der Waals surface area contributed by atoms with Crippen LogP contribution >= 0.6 is 12.2 Å². The summed E-state index contributed by atoms with van der Waals surface area (Å²) < 4.78 is 0. The molecule has 0 aliphatic carbocycles. The van der Waals surface area contributed by atoms with E-state index < -0.39 is 0 Å². The third-order valence-electron chi connectivity index (χ3n) is 2.29. The molecule has 0 spiro atoms. The fourth-order valence-electron chi connectivity index (χ4n) is 1.42. The van der Waals surface area contributed by atoms with Crippen LogP contribution in [0.4, 0.5) is 0 Å². The molecule has 0 aliphatic rings. The van der Waals surface area contributed by atoms with Gasteiger partial charge >= 0.3 is 0 Å². The Bertz CT molecular complexity index is 269. The molecule has 0 nitrogen and oxygen atoms in total. The largest absolute Gasteiger partial charge is 0.339 e. The Morgan fingerprint density at radius 3 is 2.40 bits per heavy atom. The van der Waals surface area contributed by atoms with Crippen LogP contribution in [0, 0.1) is 6.92 Å². The van der Waals surface area contributed by atoms with E-state index in [-0.39, 0.29) is 32.7 Å². The SMILES string of the molecule is [CH2-]CC(=S)CCCCc1ccccc1.[Y]. The maximum atomic E-state index is 5.12. The van der Waals surface area contributed by atoms with Crippen LogP contribution in [0.2, 0.25) is 0 Å². The molecule has 0 aromatic heterocycles. The Morgan fingerprint density at radius 2 is 1.80 bits per heavy atom. The van der Waals surface area contributed by atoms with Crippen molar-refractivity contribution in [1.29, 1.82) is 0 Å². The molecular formula is C13H17SY-. The number of rotatable bonds is 6. The van der Waals surface area contributed by atoms with Crippen molar-refractivity contribution in [3.05, 3.63) is 42.8 Å². The molecule has 0 fully saturated rings. The molecule has 2 heteroatoms. The summed E-state index contributed by atoms with van der Waals surface area (Å²) in [5, 5.41) is 0. The van der Waals surface area contributed by atoms with E-state index in [1.165, 1.54) is 24.8 Å². The summed E-state index contributed by atoms with van der Waals surface area (Å²) in [6.07, 6.45) is 5.46. The van der Waals surface area contributed by atoms with E-state index in [0.29, 0.717) is 0 Å². The molecule has 0 heterocycles. The van der Waals surface area contributed by atoms with Gasteiger partial charge in [-0.25, -0.2) is 0 Å². The first-order valence-corrected chi connectivity index (χ1v) is 5.58. The molecule has 0 aliphatic heterocycles. The molecule has 1 aromatic rings. The van der Waals surface area contributed by atoms with Crippen molar-refractivity contribution in [2.24, 2.45) is 0 Å². The zero-order valence-corrected chi connectivity index (χ0v) is 12.8. The second kappa shape index (κ2) is 9.63. The van der Waals surface area contributed by atoms with Crippen LogP contribution in [0.5, 0.6) is 0 Å². The maximum Gasteiger partial charge on any atom is 0 e. The van der Waals surface area contributed by atoms with E-state index in [9.17, 15) is 0 Å². The van der Waals surface area contributed by atoms with Gasteiger partial charge in [-0.2, -0.15) is 0 Å². The van der Waals surface area contributed by atoms with Crippen molar-refractivity contribution >= 4 is 17.1 Å². The molecular weight excluding hydrogens is 277 g/mol. The van der Waals surface area contributed by atoms with E-state index in [1.807, 2.05) is 0 Å². The second-order valence-corrected chi connectivity index (χ2v) is 4.06. The molecule has 0 saturated carbocycles. The topological polar surface area (TPSA) is 0 Å². The number of benzene rings is 1. The number of thiocarbonyl (C=S) groups is 1. The van der Waals surface area contributed by atoms with Gasteiger partial charge in [-0.1, -0.05) is 42.5 Å². The van der Waals surface area contributed by atoms with Crippen LogP contribution in [0.15, 0.2) is 30.3 Å². The number of hydrogen-bond acceptors (Lipinski definition) is 1. The summed E-state index contributed by atoms with van der Waals surface area (Å²) in [7, 11) is 0. The van der Waals surface area contributed by atoms with E-state index in [2.05, 4.69) is 37.3 Å². The minimum absolute atomic E-state index is 0. The molecule has 1 radical (unpaired) electrons. The fraction of sp³-hybridized carbons (Fsp3) is 0.385. The molecule has 0 saturated heterocycles. The minimum Gasteiger partial charge on any atom is -0.339 e. The molecule has 0 bridgehead atoms. The van der Waals surface area contributed by atoms with Gasteiger partial charge < -0.3 is 6.92 Å². The van der Waals surface area contributed by atoms with Crippen molar-refractivity contribution in [1.82, 2.24) is 0 Å². The van der Waals surface area contributed by atoms with Gasteiger partial charge in [-0.05, 0) is 36.1 Å². The smallest absolute Gasteiger partial charge is 0 e. The zero-order chi connectivity index (χ0) is 10.2. The molecule has 79 valence electrons. The Morgan fingerprint density at radius 1 is 1.13 bits per heavy atom. The molecule has 0 atom stereocenters. The van der Waals surface area contributed by atoms with Crippen LogP contribution in [0.25, 0.3) is 0 Å². The summed E-state index contributed by atoms with van der Waals surface area (Å²) in [5.41, 5.74) is 1.42. The summed E-state index contributed by atoms with van der Waals surface area (Å²) in [6.45, 7) is 3.78. The number of hydrogen-bond donors (Lipinski definition) is 0. The van der Waals surface area contributed by atoms with E-state index in [4.69, 9.17) is 12.2 Å². The summed E-state index contributed by atoms with van der Waals surface area (Å²) in [5.74, 6) is 0. The van der Waals surface area contributed by atoms with Crippen molar-refractivity contribution in [3.8, 4) is 0 Å². The number of aryl methyl sites for hydroxylation is 1. The predicted octanol–water partition coefficient (Wildman–Crippen LogP) is 3.99. The monoisotopic (exact) mass is 294 g/mol. The van der Waals surface area contributed by atoms with Gasteiger partial charge in [0.05, 0.1) is 0 Å².